The summed E-state index contributed by atoms with van der Waals surface area (Å²) in [5, 5.41) is 18.5. The number of carbonyl (C=O) groups is 3. The molecule has 0 aromatic heterocycles. The molecule has 2 heterocycles. The zero-order chi connectivity index (χ0) is 42.2. The second-order valence-corrected chi connectivity index (χ2v) is 18.3. The van der Waals surface area contributed by atoms with Gasteiger partial charge in [0.1, 0.15) is 40.8 Å². The van der Waals surface area contributed by atoms with Crippen molar-refractivity contribution >= 4 is 37.6 Å². The molecule has 0 bridgehead atoms. The van der Waals surface area contributed by atoms with E-state index in [2.05, 4.69) is 29.0 Å². The Morgan fingerprint density at radius 2 is 1.12 bits per heavy atom. The minimum atomic E-state index is -4.11. The minimum absolute atomic E-state index is 0.0218. The third-order valence-electron chi connectivity index (χ3n) is 9.12. The Hall–Kier alpha value is -4.85. The number of ether oxygens (including phenoxy) is 3. The highest BCUT2D eigenvalue weighted by Crippen LogP contribution is 2.32. The quantitative estimate of drug-likeness (QED) is 0.118. The van der Waals surface area contributed by atoms with Gasteiger partial charge in [0, 0.05) is 13.1 Å². The van der Waals surface area contributed by atoms with Gasteiger partial charge in [0.2, 0.25) is 0 Å². The van der Waals surface area contributed by atoms with Gasteiger partial charge in [-0.25, -0.2) is 32.6 Å². The summed E-state index contributed by atoms with van der Waals surface area (Å²) >= 11 is 0. The van der Waals surface area contributed by atoms with Crippen molar-refractivity contribution in [2.45, 2.75) is 86.2 Å². The molecule has 2 aliphatic heterocycles. The standard InChI is InChI=1S/C22H30N2O7S.C17H22N2O5S/c1-5-6-15-30-17-7-9-18(10-8-17)32(28,29)19(20(25)23-27)16-11-13-24(14-12-16)21(26)31-22(2,3)4;1-2-3-12-24-14-4-6-15(7-5-14)25(22,23)16(17(20)19-21)13-8-10-18-11-9-13/h7-10,16,19,27H,11-15H2,1-4H3,(H,23,25);4-7,13,16,18,21H,8-12H2,1H3,(H,19,20). The summed E-state index contributed by atoms with van der Waals surface area (Å²) < 4.78 is 68.5. The van der Waals surface area contributed by atoms with E-state index in [1.165, 1.54) is 64.4 Å². The molecule has 0 saturated carbocycles. The number of nitrogens with one attached hydrogen (secondary N) is 3. The zero-order valence-corrected chi connectivity index (χ0v) is 34.4. The molecule has 2 aromatic rings. The van der Waals surface area contributed by atoms with Gasteiger partial charge in [-0.2, -0.15) is 0 Å². The SMILES string of the molecule is CC#CCOc1ccc(S(=O)(=O)C(C(=O)NO)C2CCN(C(=O)OC(C)(C)C)CC2)cc1.CC#CCOc1ccc(S(=O)(=O)C(C(=O)NO)C2CCNCC2)cc1. The van der Waals surface area contributed by atoms with Crippen LogP contribution >= 0.6 is 0 Å². The Morgan fingerprint density at radius 3 is 1.47 bits per heavy atom. The van der Waals surface area contributed by atoms with E-state index >= 15 is 0 Å². The van der Waals surface area contributed by atoms with Gasteiger partial charge in [-0.05, 0) is 134 Å². The molecular formula is C39H52N4O12S2. The van der Waals surface area contributed by atoms with Gasteiger partial charge in [-0.15, -0.1) is 11.8 Å². The van der Waals surface area contributed by atoms with Crippen LogP contribution in [0.1, 0.15) is 60.3 Å². The fourth-order valence-corrected chi connectivity index (χ4v) is 10.2. The lowest BCUT2D eigenvalue weighted by atomic mass is 9.93. The number of rotatable bonds is 12. The lowest BCUT2D eigenvalue weighted by Crippen LogP contribution is -2.49. The predicted molar refractivity (Wildman–Crippen MR) is 209 cm³/mol. The van der Waals surface area contributed by atoms with Crippen LogP contribution in [0.3, 0.4) is 0 Å². The maximum Gasteiger partial charge on any atom is 0.410 e. The smallest absolute Gasteiger partial charge is 0.410 e. The maximum atomic E-state index is 13.3. The Balaban J connectivity index is 0.000000315. The highest BCUT2D eigenvalue weighted by Gasteiger charge is 2.43. The number of nitrogens with zero attached hydrogens (tertiary/aromatic N) is 1. The summed E-state index contributed by atoms with van der Waals surface area (Å²) in [5.41, 5.74) is 2.35. The van der Waals surface area contributed by atoms with E-state index in [1.807, 2.05) is 0 Å². The van der Waals surface area contributed by atoms with Crippen LogP contribution in [0, 0.1) is 35.5 Å². The van der Waals surface area contributed by atoms with Gasteiger partial charge in [0.25, 0.3) is 11.8 Å². The van der Waals surface area contributed by atoms with E-state index in [0.29, 0.717) is 37.4 Å². The normalized spacial score (nSPS) is 16.1. The lowest BCUT2D eigenvalue weighted by molar-refractivity contribution is -0.130. The summed E-state index contributed by atoms with van der Waals surface area (Å²) in [7, 11) is -8.05. The van der Waals surface area contributed by atoms with Crippen LogP contribution in [-0.2, 0) is 34.0 Å². The minimum Gasteiger partial charge on any atom is -0.481 e. The topological polar surface area (TPSA) is 227 Å². The lowest BCUT2D eigenvalue weighted by Gasteiger charge is -2.35. The summed E-state index contributed by atoms with van der Waals surface area (Å²) in [6, 6.07) is 11.6. The van der Waals surface area contributed by atoms with Gasteiger partial charge in [0.15, 0.2) is 19.7 Å². The molecule has 2 atom stereocenters. The molecule has 312 valence electrons. The van der Waals surface area contributed by atoms with E-state index in [9.17, 15) is 36.4 Å². The Kier molecular flexibility index (Phi) is 17.6. The molecule has 16 nitrogen and oxygen atoms in total. The number of hydrogen-bond donors (Lipinski definition) is 5. The van der Waals surface area contributed by atoms with Crippen LogP contribution in [0.25, 0.3) is 0 Å². The van der Waals surface area contributed by atoms with Crippen molar-refractivity contribution in [1.82, 2.24) is 21.2 Å². The van der Waals surface area contributed by atoms with Crippen molar-refractivity contribution in [3.63, 3.8) is 0 Å². The first kappa shape index (κ1) is 46.5. The molecule has 18 heteroatoms. The Labute approximate surface area is 334 Å². The van der Waals surface area contributed by atoms with Crippen LogP contribution in [0.4, 0.5) is 4.79 Å². The van der Waals surface area contributed by atoms with Gasteiger partial charge in [-0.1, -0.05) is 11.8 Å². The van der Waals surface area contributed by atoms with E-state index in [-0.39, 0.29) is 54.9 Å². The van der Waals surface area contributed by atoms with Crippen LogP contribution in [0.15, 0.2) is 58.3 Å². The first-order valence-electron chi connectivity index (χ1n) is 18.3. The van der Waals surface area contributed by atoms with Crippen molar-refractivity contribution in [2.75, 3.05) is 39.4 Å². The largest absolute Gasteiger partial charge is 0.481 e. The molecule has 2 fully saturated rings. The average Bonchev–Trinajstić information content (AvgIpc) is 3.18. The van der Waals surface area contributed by atoms with Crippen molar-refractivity contribution in [3.05, 3.63) is 48.5 Å². The highest BCUT2D eigenvalue weighted by molar-refractivity contribution is 7.93. The molecular weight excluding hydrogens is 781 g/mol. The Morgan fingerprint density at radius 1 is 0.737 bits per heavy atom. The highest BCUT2D eigenvalue weighted by atomic mass is 32.2. The van der Waals surface area contributed by atoms with E-state index in [1.54, 1.807) is 34.6 Å². The zero-order valence-electron chi connectivity index (χ0n) is 32.7. The number of amides is 3. The number of hydroxylamine groups is 2. The van der Waals surface area contributed by atoms with Crippen LogP contribution < -0.4 is 25.8 Å². The molecule has 2 unspecified atom stereocenters. The fourth-order valence-electron chi connectivity index (χ4n) is 6.33. The molecule has 2 aromatic carbocycles. The first-order chi connectivity index (χ1) is 27.0. The number of piperidine rings is 2. The summed E-state index contributed by atoms with van der Waals surface area (Å²) in [4.78, 5) is 38.2. The molecule has 2 saturated heterocycles. The molecule has 57 heavy (non-hydrogen) atoms. The molecule has 2 aliphatic rings. The van der Waals surface area contributed by atoms with Crippen molar-refractivity contribution < 1.29 is 55.8 Å². The van der Waals surface area contributed by atoms with Crippen LogP contribution in [0.2, 0.25) is 0 Å². The Bertz CT molecular complexity index is 2000. The second-order valence-electron chi connectivity index (χ2n) is 14.1. The van der Waals surface area contributed by atoms with Gasteiger partial charge in [-0.3, -0.25) is 20.0 Å². The van der Waals surface area contributed by atoms with Crippen molar-refractivity contribution in [3.8, 4) is 35.2 Å². The molecule has 0 aliphatic carbocycles. The van der Waals surface area contributed by atoms with Crippen LogP contribution in [-0.4, -0.2) is 106 Å². The summed E-state index contributed by atoms with van der Waals surface area (Å²) in [6.45, 7) is 10.8. The van der Waals surface area contributed by atoms with E-state index in [4.69, 9.17) is 19.4 Å². The maximum absolute atomic E-state index is 13.3. The molecule has 5 N–H and O–H groups in total. The molecule has 4 rings (SSSR count). The summed E-state index contributed by atoms with van der Waals surface area (Å²) in [5.74, 6) is 8.99. The molecule has 3 amide bonds. The number of hydrogen-bond acceptors (Lipinski definition) is 13. The number of carbonyl (C=O) groups excluding carboxylic acids is 3. The predicted octanol–water partition coefficient (Wildman–Crippen LogP) is 3.12. The summed E-state index contributed by atoms with van der Waals surface area (Å²) in [6.07, 6.45) is 1.16. The average molecular weight is 833 g/mol. The van der Waals surface area contributed by atoms with Gasteiger partial charge >= 0.3 is 6.09 Å². The van der Waals surface area contributed by atoms with E-state index < -0.39 is 59.6 Å². The molecule has 0 radical (unpaired) electrons. The number of sulfone groups is 2. The van der Waals surface area contributed by atoms with E-state index in [0.717, 1.165) is 0 Å². The number of likely N-dealkylation sites (tertiary alicyclic amines) is 1. The van der Waals surface area contributed by atoms with Gasteiger partial charge in [0.05, 0.1) is 9.79 Å². The molecule has 0 spiro atoms. The third-order valence-corrected chi connectivity index (χ3v) is 13.5. The third kappa shape index (κ3) is 13.4. The fraction of sp³-hybridized carbons (Fsp3) is 0.513. The second kappa shape index (κ2) is 21.6. The first-order valence-corrected chi connectivity index (χ1v) is 21.4. The number of benzene rings is 2. The van der Waals surface area contributed by atoms with Crippen LogP contribution in [0.5, 0.6) is 11.5 Å². The van der Waals surface area contributed by atoms with Gasteiger partial charge < -0.3 is 24.4 Å². The monoisotopic (exact) mass is 832 g/mol. The van der Waals surface area contributed by atoms with Crippen molar-refractivity contribution in [1.29, 1.82) is 0 Å². The van der Waals surface area contributed by atoms with Crippen molar-refractivity contribution in [2.24, 2.45) is 11.8 Å².